The summed E-state index contributed by atoms with van der Waals surface area (Å²) in [4.78, 5) is 20.6. The van der Waals surface area contributed by atoms with Crippen molar-refractivity contribution < 1.29 is 23.1 Å². The molecule has 1 unspecified atom stereocenters. The Bertz CT molecular complexity index is 915. The van der Waals surface area contributed by atoms with Gasteiger partial charge in [-0.1, -0.05) is 0 Å². The van der Waals surface area contributed by atoms with E-state index in [1.807, 2.05) is 91.0 Å². The molecule has 3 aromatic carbocycles. The van der Waals surface area contributed by atoms with Gasteiger partial charge in [-0.2, -0.15) is 0 Å². The van der Waals surface area contributed by atoms with Crippen molar-refractivity contribution in [1.29, 1.82) is 0 Å². The maximum atomic E-state index is 10.3. The summed E-state index contributed by atoms with van der Waals surface area (Å²) >= 11 is 0. The predicted molar refractivity (Wildman–Crippen MR) is 138 cm³/mol. The van der Waals surface area contributed by atoms with Gasteiger partial charge in [0, 0.05) is 0 Å². The molecule has 0 heterocycles. The zero-order chi connectivity index (χ0) is 23.6. The van der Waals surface area contributed by atoms with E-state index in [-0.39, 0.29) is 5.92 Å². The topological polar surface area (TPSA) is 68.2 Å². The molecule has 178 valence electrons. The van der Waals surface area contributed by atoms with Gasteiger partial charge in [0.2, 0.25) is 0 Å². The van der Waals surface area contributed by atoms with Crippen LogP contribution in [0.15, 0.2) is 91.0 Å². The molecular formula is C26H34O5P2. The average molecular weight is 489 g/mol. The van der Waals surface area contributed by atoms with E-state index in [2.05, 4.69) is 13.8 Å². The Morgan fingerprint density at radius 1 is 0.788 bits per heavy atom. The molecule has 0 aliphatic heterocycles. The quantitative estimate of drug-likeness (QED) is 0.270. The minimum absolute atomic E-state index is 0.283. The molecule has 1 atom stereocenters. The van der Waals surface area contributed by atoms with E-state index in [9.17, 15) is 9.79 Å². The molecular weight excluding hydrogens is 454 g/mol. The van der Waals surface area contributed by atoms with E-state index in [0.717, 1.165) is 25.7 Å². The van der Waals surface area contributed by atoms with Crippen LogP contribution >= 0.6 is 15.9 Å². The van der Waals surface area contributed by atoms with Crippen molar-refractivity contribution in [3.63, 3.8) is 0 Å². The molecule has 0 saturated carbocycles. The van der Waals surface area contributed by atoms with E-state index in [1.165, 1.54) is 0 Å². The number of hydrogen-bond acceptors (Lipinski definition) is 5. The van der Waals surface area contributed by atoms with Crippen LogP contribution in [0, 0.1) is 5.92 Å². The van der Waals surface area contributed by atoms with Crippen LogP contribution in [0.3, 0.4) is 0 Å². The second kappa shape index (κ2) is 12.0. The Hall–Kier alpha value is -1.84. The monoisotopic (exact) mass is 488 g/mol. The predicted octanol–water partition coefficient (Wildman–Crippen LogP) is 6.48. The van der Waals surface area contributed by atoms with Crippen molar-refractivity contribution in [1.82, 2.24) is 0 Å². The number of hydrogen-bond donors (Lipinski definition) is 2. The molecule has 33 heavy (non-hydrogen) atoms. The van der Waals surface area contributed by atoms with Gasteiger partial charge in [-0.05, 0) is 0 Å². The molecule has 0 radical (unpaired) electrons. The third kappa shape index (κ3) is 6.00. The van der Waals surface area contributed by atoms with Crippen LogP contribution in [0.5, 0.6) is 5.75 Å². The molecule has 3 rings (SSSR count). The van der Waals surface area contributed by atoms with Crippen LogP contribution in [0.4, 0.5) is 0 Å². The fraction of sp³-hybridized carbons (Fsp3) is 0.308. The van der Waals surface area contributed by atoms with Gasteiger partial charge in [0.15, 0.2) is 0 Å². The normalized spacial score (nSPS) is 13.9. The summed E-state index contributed by atoms with van der Waals surface area (Å²) in [5.74, 6) is 0.812. The SMILES string of the molecule is CCCCC(CC)COP(Oc1ccccc1)(OP(O)O)(c1ccccc1)c1ccccc1. The van der Waals surface area contributed by atoms with E-state index in [1.54, 1.807) is 0 Å². The van der Waals surface area contributed by atoms with Gasteiger partial charge < -0.3 is 0 Å². The minimum atomic E-state index is -4.51. The van der Waals surface area contributed by atoms with E-state index in [0.29, 0.717) is 23.0 Å². The standard InChI is InChI=1S/C26H34O5P2/c1-3-5-15-23(4-2)22-29-33(31-32(27)28,25-18-11-7-12-19-25,26-20-13-8-14-21-26)30-24-16-9-6-10-17-24/h6-14,16-21,23,27-28H,3-5,15,22H2,1-2H3. The Morgan fingerprint density at radius 2 is 1.30 bits per heavy atom. The first-order chi connectivity index (χ1) is 16.0. The summed E-state index contributed by atoms with van der Waals surface area (Å²) in [5, 5.41) is 1.28. The van der Waals surface area contributed by atoms with Gasteiger partial charge in [-0.15, -0.1) is 0 Å². The molecule has 0 aliphatic rings. The fourth-order valence-electron chi connectivity index (χ4n) is 3.88. The molecule has 7 heteroatoms. The van der Waals surface area contributed by atoms with E-state index in [4.69, 9.17) is 13.4 Å². The molecule has 0 fully saturated rings. The van der Waals surface area contributed by atoms with Crippen molar-refractivity contribution in [2.24, 2.45) is 5.92 Å². The van der Waals surface area contributed by atoms with Crippen molar-refractivity contribution in [2.45, 2.75) is 39.5 Å². The van der Waals surface area contributed by atoms with Crippen LogP contribution < -0.4 is 15.1 Å². The van der Waals surface area contributed by atoms with Crippen molar-refractivity contribution in [2.75, 3.05) is 6.61 Å². The fourth-order valence-corrected chi connectivity index (χ4v) is 9.24. The summed E-state index contributed by atoms with van der Waals surface area (Å²) in [6, 6.07) is 28.1. The van der Waals surface area contributed by atoms with Crippen LogP contribution in [0.1, 0.15) is 39.5 Å². The third-order valence-corrected chi connectivity index (χ3v) is 11.0. The summed E-state index contributed by atoms with van der Waals surface area (Å²) in [6.07, 6.45) is 4.16. The summed E-state index contributed by atoms with van der Waals surface area (Å²) < 4.78 is 19.8. The maximum absolute atomic E-state index is 10.3. The van der Waals surface area contributed by atoms with Crippen LogP contribution in [0.25, 0.3) is 0 Å². The zero-order valence-corrected chi connectivity index (χ0v) is 21.1. The Labute approximate surface area is 198 Å². The molecule has 5 nitrogen and oxygen atoms in total. The number of unbranched alkanes of at least 4 members (excludes halogenated alkanes) is 1. The van der Waals surface area contributed by atoms with Crippen molar-refractivity contribution >= 4 is 26.5 Å². The zero-order valence-electron chi connectivity index (χ0n) is 19.3. The van der Waals surface area contributed by atoms with Gasteiger partial charge >= 0.3 is 198 Å². The van der Waals surface area contributed by atoms with Crippen molar-refractivity contribution in [3.05, 3.63) is 91.0 Å². The molecule has 0 spiro atoms. The van der Waals surface area contributed by atoms with Crippen molar-refractivity contribution in [3.8, 4) is 5.75 Å². The van der Waals surface area contributed by atoms with E-state index >= 15 is 0 Å². The first kappa shape index (κ1) is 25.8. The van der Waals surface area contributed by atoms with Crippen LogP contribution in [-0.4, -0.2) is 16.4 Å². The van der Waals surface area contributed by atoms with Gasteiger partial charge in [-0.25, -0.2) is 0 Å². The Kier molecular flexibility index (Phi) is 9.40. The summed E-state index contributed by atoms with van der Waals surface area (Å²) in [7, 11) is -7.33. The molecule has 0 aromatic heterocycles. The molecule has 0 amide bonds. The molecule has 2 N–H and O–H groups in total. The molecule has 0 bridgehead atoms. The summed E-state index contributed by atoms with van der Waals surface area (Å²) in [6.45, 7) is 4.69. The first-order valence-corrected chi connectivity index (χ1v) is 14.6. The van der Waals surface area contributed by atoms with Gasteiger partial charge in [0.25, 0.3) is 0 Å². The Balaban J connectivity index is 2.25. The molecule has 0 saturated heterocycles. The molecule has 0 aliphatic carbocycles. The van der Waals surface area contributed by atoms with Crippen LogP contribution in [-0.2, 0) is 8.83 Å². The molecule has 3 aromatic rings. The van der Waals surface area contributed by atoms with Gasteiger partial charge in [-0.3, -0.25) is 0 Å². The first-order valence-electron chi connectivity index (χ1n) is 11.4. The number of para-hydroxylation sites is 1. The van der Waals surface area contributed by atoms with Gasteiger partial charge in [0.05, 0.1) is 0 Å². The van der Waals surface area contributed by atoms with E-state index < -0.39 is 15.9 Å². The number of benzene rings is 3. The second-order valence-electron chi connectivity index (χ2n) is 8.01. The number of rotatable bonds is 13. The average Bonchev–Trinajstić information content (AvgIpc) is 2.85. The Morgan fingerprint density at radius 3 is 1.76 bits per heavy atom. The second-order valence-corrected chi connectivity index (χ2v) is 12.4. The summed E-state index contributed by atoms with van der Waals surface area (Å²) in [5.41, 5.74) is 0. The van der Waals surface area contributed by atoms with Crippen LogP contribution in [0.2, 0.25) is 0 Å². The van der Waals surface area contributed by atoms with Gasteiger partial charge in [0.1, 0.15) is 0 Å². The third-order valence-electron chi connectivity index (χ3n) is 5.73.